The quantitative estimate of drug-likeness (QED) is 0.420. The SMILES string of the molecule is Cc1ccccc1NC(=O)C1c2cccc[n+]2CC(=O)N1c1ccccc1.[I-]. The average molecular weight is 485 g/mol. The van der Waals surface area contributed by atoms with E-state index in [4.69, 9.17) is 0 Å². The van der Waals surface area contributed by atoms with Crippen molar-refractivity contribution in [3.8, 4) is 0 Å². The molecule has 1 N–H and O–H groups in total. The van der Waals surface area contributed by atoms with Crippen molar-refractivity contribution < 1.29 is 38.1 Å². The number of aryl methyl sites for hydroxylation is 1. The zero-order valence-electron chi connectivity index (χ0n) is 15.4. The zero-order valence-corrected chi connectivity index (χ0v) is 17.5. The van der Waals surface area contributed by atoms with Crippen LogP contribution in [0.25, 0.3) is 0 Å². The van der Waals surface area contributed by atoms with Crippen molar-refractivity contribution in [3.63, 3.8) is 0 Å². The molecule has 0 radical (unpaired) electrons. The molecule has 0 saturated heterocycles. The van der Waals surface area contributed by atoms with Crippen LogP contribution in [0.5, 0.6) is 0 Å². The van der Waals surface area contributed by atoms with Crippen molar-refractivity contribution in [2.24, 2.45) is 0 Å². The van der Waals surface area contributed by atoms with Crippen LogP contribution in [-0.4, -0.2) is 11.8 Å². The number of nitrogens with one attached hydrogen (secondary N) is 1. The van der Waals surface area contributed by atoms with Gasteiger partial charge in [-0.15, -0.1) is 0 Å². The standard InChI is InChI=1S/C22H19N3O2.HI/c1-16-9-5-6-12-18(16)23-22(27)21-19-13-7-8-14-24(19)15-20(26)25(21)17-10-3-2-4-11-17;/h2-14,21H,15H2,1H3;1H. The van der Waals surface area contributed by atoms with Gasteiger partial charge in [0.05, 0.1) is 0 Å². The van der Waals surface area contributed by atoms with E-state index >= 15 is 0 Å². The average Bonchev–Trinajstić information content (AvgIpc) is 2.69. The van der Waals surface area contributed by atoms with Crippen LogP contribution < -0.4 is 38.8 Å². The lowest BCUT2D eigenvalue weighted by Gasteiger charge is -2.32. The Morgan fingerprint density at radius 2 is 1.68 bits per heavy atom. The Kier molecular flexibility index (Phi) is 6.08. The molecule has 28 heavy (non-hydrogen) atoms. The molecule has 142 valence electrons. The summed E-state index contributed by atoms with van der Waals surface area (Å²) < 4.78 is 1.84. The largest absolute Gasteiger partial charge is 1.00 e. The summed E-state index contributed by atoms with van der Waals surface area (Å²) >= 11 is 0. The molecule has 3 aromatic rings. The molecule has 0 bridgehead atoms. The number of rotatable bonds is 3. The second kappa shape index (κ2) is 8.52. The smallest absolute Gasteiger partial charge is 0.294 e. The number of nitrogens with zero attached hydrogens (tertiary/aromatic N) is 2. The normalized spacial score (nSPS) is 15.4. The molecule has 0 spiro atoms. The molecule has 4 rings (SSSR count). The fourth-order valence-electron chi connectivity index (χ4n) is 3.43. The highest BCUT2D eigenvalue weighted by Gasteiger charge is 2.43. The second-order valence-electron chi connectivity index (χ2n) is 6.56. The van der Waals surface area contributed by atoms with Gasteiger partial charge in [-0.05, 0) is 30.7 Å². The summed E-state index contributed by atoms with van der Waals surface area (Å²) in [5, 5.41) is 2.99. The molecular formula is C22H20IN3O2. The van der Waals surface area contributed by atoms with Gasteiger partial charge < -0.3 is 29.3 Å². The summed E-state index contributed by atoms with van der Waals surface area (Å²) in [6, 6.07) is 21.9. The van der Waals surface area contributed by atoms with E-state index in [2.05, 4.69) is 5.32 Å². The number of pyridine rings is 1. The van der Waals surface area contributed by atoms with E-state index in [1.807, 2.05) is 90.5 Å². The molecule has 1 aliphatic heterocycles. The van der Waals surface area contributed by atoms with Crippen molar-refractivity contribution in [1.82, 2.24) is 0 Å². The lowest BCUT2D eigenvalue weighted by atomic mass is 10.0. The molecule has 0 aliphatic carbocycles. The van der Waals surface area contributed by atoms with Crippen LogP contribution in [0.1, 0.15) is 17.3 Å². The summed E-state index contributed by atoms with van der Waals surface area (Å²) in [4.78, 5) is 27.8. The van der Waals surface area contributed by atoms with Crippen LogP contribution in [0.4, 0.5) is 11.4 Å². The van der Waals surface area contributed by atoms with E-state index in [0.717, 1.165) is 16.9 Å². The lowest BCUT2D eigenvalue weighted by molar-refractivity contribution is -0.695. The summed E-state index contributed by atoms with van der Waals surface area (Å²) in [7, 11) is 0. The predicted molar refractivity (Wildman–Crippen MR) is 103 cm³/mol. The molecule has 1 unspecified atom stereocenters. The first-order chi connectivity index (χ1) is 13.1. The lowest BCUT2D eigenvalue weighted by Crippen LogP contribution is -3.00. The number of fused-ring (bicyclic) bond motifs is 1. The van der Waals surface area contributed by atoms with Gasteiger partial charge in [0.1, 0.15) is 0 Å². The number of halogens is 1. The number of carbonyl (C=O) groups excluding carboxylic acids is 2. The fraction of sp³-hybridized carbons (Fsp3) is 0.136. The first-order valence-corrected chi connectivity index (χ1v) is 8.87. The maximum Gasteiger partial charge on any atom is 0.294 e. The minimum absolute atomic E-state index is 0. The minimum atomic E-state index is -0.741. The monoisotopic (exact) mass is 485 g/mol. The summed E-state index contributed by atoms with van der Waals surface area (Å²) in [5.74, 6) is -0.351. The van der Waals surface area contributed by atoms with Crippen LogP contribution in [0, 0.1) is 6.92 Å². The Morgan fingerprint density at radius 1 is 1.00 bits per heavy atom. The van der Waals surface area contributed by atoms with E-state index < -0.39 is 6.04 Å². The number of hydrogen-bond acceptors (Lipinski definition) is 2. The number of benzene rings is 2. The molecule has 0 saturated carbocycles. The number of carbonyl (C=O) groups is 2. The summed E-state index contributed by atoms with van der Waals surface area (Å²) in [6.45, 7) is 2.15. The van der Waals surface area contributed by atoms with Crippen LogP contribution in [-0.2, 0) is 16.1 Å². The van der Waals surface area contributed by atoms with Crippen LogP contribution in [0.2, 0.25) is 0 Å². The molecule has 5 nitrogen and oxygen atoms in total. The first-order valence-electron chi connectivity index (χ1n) is 8.87. The van der Waals surface area contributed by atoms with E-state index in [0.29, 0.717) is 5.69 Å². The van der Waals surface area contributed by atoms with Gasteiger partial charge in [-0.2, -0.15) is 4.57 Å². The van der Waals surface area contributed by atoms with Crippen molar-refractivity contribution in [3.05, 3.63) is 90.3 Å². The van der Waals surface area contributed by atoms with Crippen molar-refractivity contribution in [2.75, 3.05) is 10.2 Å². The molecule has 2 aromatic carbocycles. The molecule has 1 aliphatic rings. The minimum Gasteiger partial charge on any atom is -1.00 e. The second-order valence-corrected chi connectivity index (χ2v) is 6.56. The van der Waals surface area contributed by atoms with Gasteiger partial charge in [-0.3, -0.25) is 14.5 Å². The molecule has 2 heterocycles. The fourth-order valence-corrected chi connectivity index (χ4v) is 3.43. The van der Waals surface area contributed by atoms with E-state index in [-0.39, 0.29) is 42.3 Å². The molecule has 6 heteroatoms. The number of amides is 2. The van der Waals surface area contributed by atoms with E-state index in [1.165, 1.54) is 0 Å². The highest BCUT2D eigenvalue weighted by Crippen LogP contribution is 2.30. The molecule has 0 fully saturated rings. The number of aromatic nitrogens is 1. The Balaban J connectivity index is 0.00000225. The number of para-hydroxylation sites is 2. The third-order valence-electron chi connectivity index (χ3n) is 4.77. The van der Waals surface area contributed by atoms with Gasteiger partial charge in [0.2, 0.25) is 18.3 Å². The molecule has 2 amide bonds. The van der Waals surface area contributed by atoms with Gasteiger partial charge in [0.15, 0.2) is 6.20 Å². The Labute approximate surface area is 181 Å². The Morgan fingerprint density at radius 3 is 2.43 bits per heavy atom. The van der Waals surface area contributed by atoms with Crippen LogP contribution >= 0.6 is 0 Å². The summed E-state index contributed by atoms with van der Waals surface area (Å²) in [5.41, 5.74) is 3.21. The van der Waals surface area contributed by atoms with Crippen LogP contribution in [0.15, 0.2) is 79.0 Å². The third-order valence-corrected chi connectivity index (χ3v) is 4.77. The van der Waals surface area contributed by atoms with Gasteiger partial charge >= 0.3 is 0 Å². The maximum absolute atomic E-state index is 13.3. The Hall–Kier alpha value is -2.74. The molecule has 1 aromatic heterocycles. The highest BCUT2D eigenvalue weighted by molar-refractivity contribution is 6.05. The summed E-state index contributed by atoms with van der Waals surface area (Å²) in [6.07, 6.45) is 1.84. The van der Waals surface area contributed by atoms with Gasteiger partial charge in [0, 0.05) is 23.5 Å². The zero-order chi connectivity index (χ0) is 18.8. The van der Waals surface area contributed by atoms with Crippen LogP contribution in [0.3, 0.4) is 0 Å². The van der Waals surface area contributed by atoms with E-state index in [9.17, 15) is 9.59 Å². The van der Waals surface area contributed by atoms with Gasteiger partial charge in [-0.1, -0.05) is 42.5 Å². The predicted octanol–water partition coefficient (Wildman–Crippen LogP) is 0.0131. The number of hydrogen-bond donors (Lipinski definition) is 1. The van der Waals surface area contributed by atoms with E-state index in [1.54, 1.807) is 4.90 Å². The van der Waals surface area contributed by atoms with Gasteiger partial charge in [-0.25, -0.2) is 0 Å². The van der Waals surface area contributed by atoms with Crippen molar-refractivity contribution in [1.29, 1.82) is 0 Å². The molecule has 1 atom stereocenters. The maximum atomic E-state index is 13.3. The Bertz CT molecular complexity index is 1010. The third kappa shape index (κ3) is 3.77. The van der Waals surface area contributed by atoms with Gasteiger partial charge in [0.25, 0.3) is 11.8 Å². The topological polar surface area (TPSA) is 53.3 Å². The molecular weight excluding hydrogens is 465 g/mol. The number of anilines is 2. The van der Waals surface area contributed by atoms with Crippen molar-refractivity contribution in [2.45, 2.75) is 19.5 Å². The van der Waals surface area contributed by atoms with Crippen molar-refractivity contribution >= 4 is 23.2 Å². The highest BCUT2D eigenvalue weighted by atomic mass is 127. The first kappa shape index (κ1) is 20.0.